The average Bonchev–Trinajstić information content (AvgIpc) is 2.84. The van der Waals surface area contributed by atoms with Crippen LogP contribution >= 0.6 is 0 Å². The molecule has 1 saturated carbocycles. The Kier molecular flexibility index (Phi) is 2.59. The van der Waals surface area contributed by atoms with E-state index in [9.17, 15) is 4.79 Å². The second-order valence-corrected chi connectivity index (χ2v) is 4.75. The van der Waals surface area contributed by atoms with Crippen molar-refractivity contribution < 1.29 is 14.3 Å². The van der Waals surface area contributed by atoms with E-state index in [-0.39, 0.29) is 17.7 Å². The molecule has 1 aliphatic carbocycles. The summed E-state index contributed by atoms with van der Waals surface area (Å²) < 4.78 is 10.7. The fourth-order valence-electron chi connectivity index (χ4n) is 2.47. The summed E-state index contributed by atoms with van der Waals surface area (Å²) in [4.78, 5) is 10.7. The van der Waals surface area contributed by atoms with Crippen LogP contribution in [0.5, 0.6) is 0 Å². The van der Waals surface area contributed by atoms with Gasteiger partial charge in [0.25, 0.3) is 0 Å². The number of epoxide rings is 1. The SMILES string of the molecule is C=C1CC[C@@H](C)CC12OC2COC(C)=O. The Bertz CT molecular complexity index is 297. The Morgan fingerprint density at radius 2 is 2.47 bits per heavy atom. The fraction of sp³-hybridized carbons (Fsp3) is 0.750. The van der Waals surface area contributed by atoms with Gasteiger partial charge in [0.2, 0.25) is 0 Å². The molecule has 0 amide bonds. The molecule has 0 radical (unpaired) electrons. The number of carbonyl (C=O) groups excluding carboxylic acids is 1. The number of esters is 1. The van der Waals surface area contributed by atoms with Gasteiger partial charge in [0.05, 0.1) is 0 Å². The third-order valence-electron chi connectivity index (χ3n) is 3.44. The first kappa shape index (κ1) is 10.7. The lowest BCUT2D eigenvalue weighted by Gasteiger charge is -2.26. The van der Waals surface area contributed by atoms with Gasteiger partial charge in [0.15, 0.2) is 0 Å². The maximum atomic E-state index is 10.7. The fourth-order valence-corrected chi connectivity index (χ4v) is 2.47. The average molecular weight is 210 g/mol. The first-order valence-electron chi connectivity index (χ1n) is 5.54. The predicted octanol–water partition coefficient (Wildman–Crippen LogP) is 2.06. The predicted molar refractivity (Wildman–Crippen MR) is 56.4 cm³/mol. The minimum absolute atomic E-state index is 0.0525. The highest BCUT2D eigenvalue weighted by Crippen LogP contribution is 2.52. The van der Waals surface area contributed by atoms with Crippen LogP contribution < -0.4 is 0 Å². The van der Waals surface area contributed by atoms with E-state index in [1.54, 1.807) is 0 Å². The van der Waals surface area contributed by atoms with Crippen LogP contribution in [0.3, 0.4) is 0 Å². The summed E-state index contributed by atoms with van der Waals surface area (Å²) in [5, 5.41) is 0. The van der Waals surface area contributed by atoms with Crippen LogP contribution in [0.4, 0.5) is 0 Å². The molecular weight excluding hydrogens is 192 g/mol. The van der Waals surface area contributed by atoms with Crippen molar-refractivity contribution in [1.82, 2.24) is 0 Å². The largest absolute Gasteiger partial charge is 0.463 e. The number of hydrogen-bond acceptors (Lipinski definition) is 3. The molecule has 1 spiro atoms. The van der Waals surface area contributed by atoms with Gasteiger partial charge in [-0.25, -0.2) is 0 Å². The maximum absolute atomic E-state index is 10.7. The van der Waals surface area contributed by atoms with Gasteiger partial charge in [-0.1, -0.05) is 13.5 Å². The van der Waals surface area contributed by atoms with E-state index in [1.807, 2.05) is 0 Å². The highest BCUT2D eigenvalue weighted by atomic mass is 16.6. The van der Waals surface area contributed by atoms with Gasteiger partial charge in [0.1, 0.15) is 18.3 Å². The minimum Gasteiger partial charge on any atom is -0.463 e. The lowest BCUT2D eigenvalue weighted by atomic mass is 9.77. The molecule has 84 valence electrons. The zero-order valence-corrected chi connectivity index (χ0v) is 9.41. The second-order valence-electron chi connectivity index (χ2n) is 4.75. The molecule has 1 aliphatic heterocycles. The van der Waals surface area contributed by atoms with E-state index in [1.165, 1.54) is 18.9 Å². The van der Waals surface area contributed by atoms with Gasteiger partial charge in [-0.2, -0.15) is 0 Å². The lowest BCUT2D eigenvalue weighted by molar-refractivity contribution is -0.141. The topological polar surface area (TPSA) is 38.8 Å². The molecule has 3 atom stereocenters. The quantitative estimate of drug-likeness (QED) is 0.398. The Balaban J connectivity index is 1.92. The van der Waals surface area contributed by atoms with Crippen LogP contribution in [-0.2, 0) is 14.3 Å². The second kappa shape index (κ2) is 3.63. The Morgan fingerprint density at radius 1 is 1.73 bits per heavy atom. The lowest BCUT2D eigenvalue weighted by Crippen LogP contribution is -2.28. The molecule has 2 unspecified atom stereocenters. The highest BCUT2D eigenvalue weighted by molar-refractivity contribution is 5.66. The molecule has 3 nitrogen and oxygen atoms in total. The number of hydrogen-bond donors (Lipinski definition) is 0. The van der Waals surface area contributed by atoms with Crippen molar-refractivity contribution >= 4 is 5.97 Å². The Hall–Kier alpha value is -0.830. The molecule has 2 rings (SSSR count). The molecule has 0 aromatic heterocycles. The van der Waals surface area contributed by atoms with Crippen molar-refractivity contribution in [3.05, 3.63) is 12.2 Å². The molecule has 15 heavy (non-hydrogen) atoms. The van der Waals surface area contributed by atoms with E-state index in [0.717, 1.165) is 12.8 Å². The molecule has 0 bridgehead atoms. The summed E-state index contributed by atoms with van der Waals surface area (Å²) in [6, 6.07) is 0. The van der Waals surface area contributed by atoms with Crippen LogP contribution in [-0.4, -0.2) is 24.3 Å². The van der Waals surface area contributed by atoms with E-state index < -0.39 is 0 Å². The van der Waals surface area contributed by atoms with Crippen LogP contribution in [0.1, 0.15) is 33.1 Å². The summed E-state index contributed by atoms with van der Waals surface area (Å²) in [6.07, 6.45) is 3.32. The van der Waals surface area contributed by atoms with Crippen molar-refractivity contribution in [2.24, 2.45) is 5.92 Å². The number of ether oxygens (including phenoxy) is 2. The first-order chi connectivity index (χ1) is 7.04. The third kappa shape index (κ3) is 1.93. The molecular formula is C12H18O3. The van der Waals surface area contributed by atoms with Crippen LogP contribution in [0.25, 0.3) is 0 Å². The third-order valence-corrected chi connectivity index (χ3v) is 3.44. The molecule has 0 aromatic rings. The molecule has 1 saturated heterocycles. The zero-order valence-electron chi connectivity index (χ0n) is 9.41. The van der Waals surface area contributed by atoms with Crippen LogP contribution in [0.2, 0.25) is 0 Å². The van der Waals surface area contributed by atoms with E-state index >= 15 is 0 Å². The van der Waals surface area contributed by atoms with E-state index in [2.05, 4.69) is 13.5 Å². The van der Waals surface area contributed by atoms with Gasteiger partial charge in [-0.3, -0.25) is 4.79 Å². The standard InChI is InChI=1S/C12H18O3/c1-8-4-5-9(2)12(6-8)11(15-12)7-14-10(3)13/h8,11H,2,4-7H2,1,3H3/t8-,11?,12?/m1/s1. The van der Waals surface area contributed by atoms with Crippen molar-refractivity contribution in [3.8, 4) is 0 Å². The Morgan fingerprint density at radius 3 is 3.13 bits per heavy atom. The molecule has 0 N–H and O–H groups in total. The van der Waals surface area contributed by atoms with E-state index in [0.29, 0.717) is 12.5 Å². The van der Waals surface area contributed by atoms with E-state index in [4.69, 9.17) is 9.47 Å². The molecule has 1 heterocycles. The normalized spacial score (nSPS) is 39.2. The highest BCUT2D eigenvalue weighted by Gasteiger charge is 2.60. The maximum Gasteiger partial charge on any atom is 0.302 e. The summed E-state index contributed by atoms with van der Waals surface area (Å²) in [7, 11) is 0. The van der Waals surface area contributed by atoms with Crippen molar-refractivity contribution in [2.45, 2.75) is 44.8 Å². The number of carbonyl (C=O) groups is 1. The monoisotopic (exact) mass is 210 g/mol. The molecule has 3 heteroatoms. The van der Waals surface area contributed by atoms with Gasteiger partial charge in [0, 0.05) is 6.92 Å². The van der Waals surface area contributed by atoms with Gasteiger partial charge >= 0.3 is 5.97 Å². The number of rotatable bonds is 2. The van der Waals surface area contributed by atoms with Crippen molar-refractivity contribution in [1.29, 1.82) is 0 Å². The Labute approximate surface area is 90.4 Å². The van der Waals surface area contributed by atoms with Crippen molar-refractivity contribution in [2.75, 3.05) is 6.61 Å². The van der Waals surface area contributed by atoms with Gasteiger partial charge in [-0.15, -0.1) is 0 Å². The van der Waals surface area contributed by atoms with Gasteiger partial charge in [-0.05, 0) is 30.8 Å². The smallest absolute Gasteiger partial charge is 0.302 e. The molecule has 0 aromatic carbocycles. The first-order valence-corrected chi connectivity index (χ1v) is 5.54. The molecule has 2 aliphatic rings. The zero-order chi connectivity index (χ0) is 11.1. The van der Waals surface area contributed by atoms with Crippen molar-refractivity contribution in [3.63, 3.8) is 0 Å². The van der Waals surface area contributed by atoms with Gasteiger partial charge < -0.3 is 9.47 Å². The summed E-state index contributed by atoms with van der Waals surface area (Å²) in [5.74, 6) is 0.438. The summed E-state index contributed by atoms with van der Waals surface area (Å²) in [6.45, 7) is 8.11. The summed E-state index contributed by atoms with van der Waals surface area (Å²) >= 11 is 0. The minimum atomic E-state index is -0.241. The summed E-state index contributed by atoms with van der Waals surface area (Å²) in [5.41, 5.74) is 1.02. The van der Waals surface area contributed by atoms with Crippen LogP contribution in [0, 0.1) is 5.92 Å². The van der Waals surface area contributed by atoms with Crippen LogP contribution in [0.15, 0.2) is 12.2 Å². The molecule has 2 fully saturated rings.